The molecule has 0 saturated heterocycles. The highest BCUT2D eigenvalue weighted by atomic mass is 35.5. The number of hydrogen-bond acceptors (Lipinski definition) is 4. The van der Waals surface area contributed by atoms with Crippen LogP contribution in [0, 0.1) is 0 Å². The van der Waals surface area contributed by atoms with Crippen molar-refractivity contribution < 1.29 is 14.3 Å². The molecule has 9 heteroatoms. The minimum absolute atomic E-state index is 0.0605. The minimum Gasteiger partial charge on any atom is -0.494 e. The smallest absolute Gasteiger partial charge is 0.271 e. The fourth-order valence-corrected chi connectivity index (χ4v) is 3.12. The van der Waals surface area contributed by atoms with Gasteiger partial charge in [-0.05, 0) is 61.1 Å². The summed E-state index contributed by atoms with van der Waals surface area (Å²) < 4.78 is 5.66. The first kappa shape index (κ1) is 23.9. The maximum atomic E-state index is 12.3. The van der Waals surface area contributed by atoms with E-state index in [9.17, 15) is 9.59 Å². The highest BCUT2D eigenvalue weighted by molar-refractivity contribution is 7.80. The van der Waals surface area contributed by atoms with E-state index in [4.69, 9.17) is 40.2 Å². The number of nitrogens with one attached hydrogen (secondary N) is 3. The molecule has 2 amide bonds. The number of thiocarbonyl (C=S) groups is 1. The zero-order valence-electron chi connectivity index (χ0n) is 16.5. The standard InChI is InChI=1S/C21H23Cl2N3O3S/c1-2-3-4-5-12-29-16-9-6-14(7-10-16)19(27)24-21(30)26-25-20(28)17-11-8-15(22)13-18(17)23/h6-11,13H,2-5,12H2,1H3,(H,25,28)(H2,24,26,27,30). The molecule has 0 spiro atoms. The number of hydrazine groups is 1. The van der Waals surface area contributed by atoms with Crippen LogP contribution in [0.5, 0.6) is 5.75 Å². The Labute approximate surface area is 191 Å². The van der Waals surface area contributed by atoms with Crippen molar-refractivity contribution in [1.29, 1.82) is 0 Å². The lowest BCUT2D eigenvalue weighted by molar-refractivity contribution is 0.0934. The SMILES string of the molecule is CCCCCCOc1ccc(C(=O)NC(=S)NNC(=O)c2ccc(Cl)cc2Cl)cc1. The molecule has 0 aliphatic rings. The molecular formula is C21H23Cl2N3O3S. The van der Waals surface area contributed by atoms with Crippen molar-refractivity contribution in [1.82, 2.24) is 16.2 Å². The molecule has 0 bridgehead atoms. The normalized spacial score (nSPS) is 10.2. The van der Waals surface area contributed by atoms with Crippen molar-refractivity contribution in [3.8, 4) is 5.75 Å². The predicted molar refractivity (Wildman–Crippen MR) is 123 cm³/mol. The van der Waals surface area contributed by atoms with E-state index in [1.54, 1.807) is 30.3 Å². The molecule has 0 aromatic heterocycles. The Morgan fingerprint density at radius 3 is 2.37 bits per heavy atom. The Morgan fingerprint density at radius 1 is 0.967 bits per heavy atom. The molecule has 0 fully saturated rings. The van der Waals surface area contributed by atoms with E-state index >= 15 is 0 Å². The van der Waals surface area contributed by atoms with E-state index in [1.165, 1.54) is 25.0 Å². The van der Waals surface area contributed by atoms with Crippen molar-refractivity contribution in [2.24, 2.45) is 0 Å². The lowest BCUT2D eigenvalue weighted by atomic mass is 10.2. The molecular weight excluding hydrogens is 445 g/mol. The van der Waals surface area contributed by atoms with Gasteiger partial charge in [-0.25, -0.2) is 0 Å². The average Bonchev–Trinajstić information content (AvgIpc) is 2.72. The molecule has 30 heavy (non-hydrogen) atoms. The summed E-state index contributed by atoms with van der Waals surface area (Å²) in [6, 6.07) is 11.2. The molecule has 0 atom stereocenters. The van der Waals surface area contributed by atoms with E-state index in [2.05, 4.69) is 23.1 Å². The minimum atomic E-state index is -0.520. The van der Waals surface area contributed by atoms with Crippen molar-refractivity contribution in [2.45, 2.75) is 32.6 Å². The first-order valence-corrected chi connectivity index (χ1v) is 10.7. The van der Waals surface area contributed by atoms with Crippen LogP contribution >= 0.6 is 35.4 Å². The number of amides is 2. The number of ether oxygens (including phenoxy) is 1. The number of carbonyl (C=O) groups is 2. The molecule has 2 rings (SSSR count). The fourth-order valence-electron chi connectivity index (χ4n) is 2.48. The summed E-state index contributed by atoms with van der Waals surface area (Å²) in [4.78, 5) is 24.4. The largest absolute Gasteiger partial charge is 0.494 e. The Kier molecular flexibility index (Phi) is 9.86. The lowest BCUT2D eigenvalue weighted by Crippen LogP contribution is -2.48. The molecule has 0 saturated carbocycles. The van der Waals surface area contributed by atoms with Gasteiger partial charge in [0, 0.05) is 10.6 Å². The number of rotatable bonds is 8. The maximum Gasteiger partial charge on any atom is 0.271 e. The van der Waals surface area contributed by atoms with Crippen LogP contribution in [0.25, 0.3) is 0 Å². The topological polar surface area (TPSA) is 79.5 Å². The second kappa shape index (κ2) is 12.4. The second-order valence-corrected chi connectivity index (χ2v) is 7.67. The monoisotopic (exact) mass is 467 g/mol. The third kappa shape index (κ3) is 7.82. The number of halogens is 2. The van der Waals surface area contributed by atoms with Crippen molar-refractivity contribution in [3.63, 3.8) is 0 Å². The van der Waals surface area contributed by atoms with Gasteiger partial charge < -0.3 is 4.74 Å². The van der Waals surface area contributed by atoms with E-state index in [1.807, 2.05) is 0 Å². The third-order valence-electron chi connectivity index (χ3n) is 4.08. The molecule has 160 valence electrons. The van der Waals surface area contributed by atoms with Gasteiger partial charge >= 0.3 is 0 Å². The Balaban J connectivity index is 1.78. The Bertz CT molecular complexity index is 892. The van der Waals surface area contributed by atoms with Gasteiger partial charge in [0.05, 0.1) is 17.2 Å². The highest BCUT2D eigenvalue weighted by Crippen LogP contribution is 2.20. The molecule has 2 aromatic carbocycles. The van der Waals surface area contributed by atoms with Crippen molar-refractivity contribution in [3.05, 3.63) is 63.6 Å². The zero-order valence-corrected chi connectivity index (χ0v) is 18.8. The van der Waals surface area contributed by atoms with Crippen LogP contribution in [0.3, 0.4) is 0 Å². The van der Waals surface area contributed by atoms with E-state index < -0.39 is 11.8 Å². The molecule has 0 heterocycles. The van der Waals surface area contributed by atoms with Gasteiger partial charge in [0.15, 0.2) is 5.11 Å². The molecule has 0 radical (unpaired) electrons. The van der Waals surface area contributed by atoms with Crippen LogP contribution in [-0.2, 0) is 0 Å². The Morgan fingerprint density at radius 2 is 1.70 bits per heavy atom. The summed E-state index contributed by atoms with van der Waals surface area (Å²) in [6.45, 7) is 2.81. The zero-order chi connectivity index (χ0) is 21.9. The van der Waals surface area contributed by atoms with Crippen molar-refractivity contribution in [2.75, 3.05) is 6.61 Å². The summed E-state index contributed by atoms with van der Waals surface area (Å²) in [5.74, 6) is -0.231. The average molecular weight is 468 g/mol. The van der Waals surface area contributed by atoms with Crippen LogP contribution < -0.4 is 20.9 Å². The maximum absolute atomic E-state index is 12.3. The lowest BCUT2D eigenvalue weighted by Gasteiger charge is -2.12. The first-order valence-electron chi connectivity index (χ1n) is 9.50. The third-order valence-corrected chi connectivity index (χ3v) is 4.83. The van der Waals surface area contributed by atoms with E-state index in [0.717, 1.165) is 12.8 Å². The summed E-state index contributed by atoms with van der Waals surface area (Å²) in [7, 11) is 0. The number of benzene rings is 2. The van der Waals surface area contributed by atoms with E-state index in [-0.39, 0.29) is 15.7 Å². The van der Waals surface area contributed by atoms with Gasteiger partial charge in [-0.2, -0.15) is 0 Å². The van der Waals surface area contributed by atoms with Crippen LogP contribution in [-0.4, -0.2) is 23.5 Å². The molecule has 3 N–H and O–H groups in total. The molecule has 0 aliphatic heterocycles. The van der Waals surface area contributed by atoms with Crippen molar-refractivity contribution >= 4 is 52.3 Å². The van der Waals surface area contributed by atoms with Crippen LogP contribution in [0.1, 0.15) is 53.3 Å². The molecule has 0 aliphatic carbocycles. The molecule has 2 aromatic rings. The van der Waals surface area contributed by atoms with Gasteiger partial charge in [0.1, 0.15) is 5.75 Å². The molecule has 0 unspecified atom stereocenters. The number of unbranched alkanes of at least 4 members (excludes halogenated alkanes) is 3. The Hall–Kier alpha value is -2.35. The van der Waals surface area contributed by atoms with Crippen LogP contribution in [0.2, 0.25) is 10.0 Å². The van der Waals surface area contributed by atoms with Gasteiger partial charge in [-0.15, -0.1) is 0 Å². The molecule has 6 nitrogen and oxygen atoms in total. The van der Waals surface area contributed by atoms with Crippen LogP contribution in [0.4, 0.5) is 0 Å². The first-order chi connectivity index (χ1) is 14.4. The summed E-state index contributed by atoms with van der Waals surface area (Å²) in [6.07, 6.45) is 4.52. The van der Waals surface area contributed by atoms with E-state index in [0.29, 0.717) is 22.9 Å². The quantitative estimate of drug-likeness (QED) is 0.292. The summed E-state index contributed by atoms with van der Waals surface area (Å²) in [5.41, 5.74) is 5.46. The van der Waals surface area contributed by atoms with Gasteiger partial charge in [-0.1, -0.05) is 49.4 Å². The summed E-state index contributed by atoms with van der Waals surface area (Å²) in [5, 5.41) is 3.04. The second-order valence-electron chi connectivity index (χ2n) is 6.42. The highest BCUT2D eigenvalue weighted by Gasteiger charge is 2.12. The van der Waals surface area contributed by atoms with Gasteiger partial charge in [0.2, 0.25) is 0 Å². The number of carbonyl (C=O) groups excluding carboxylic acids is 2. The van der Waals surface area contributed by atoms with Gasteiger partial charge in [0.25, 0.3) is 11.8 Å². The van der Waals surface area contributed by atoms with Gasteiger partial charge in [-0.3, -0.25) is 25.8 Å². The summed E-state index contributed by atoms with van der Waals surface area (Å²) >= 11 is 16.8. The number of hydrogen-bond donors (Lipinski definition) is 3. The van der Waals surface area contributed by atoms with Crippen LogP contribution in [0.15, 0.2) is 42.5 Å². The fraction of sp³-hybridized carbons (Fsp3) is 0.286. The predicted octanol–water partition coefficient (Wildman–Crippen LogP) is 4.90.